The predicted molar refractivity (Wildman–Crippen MR) is 62.5 cm³/mol. The molecule has 1 aromatic rings. The molecule has 0 atom stereocenters. The minimum atomic E-state index is -0.0279. The van der Waals surface area contributed by atoms with Crippen molar-refractivity contribution in [1.29, 1.82) is 0 Å². The third kappa shape index (κ3) is 3.40. The lowest BCUT2D eigenvalue weighted by atomic mass is 10.1. The molecule has 15 heavy (non-hydrogen) atoms. The summed E-state index contributed by atoms with van der Waals surface area (Å²) in [6.07, 6.45) is 2.15. The molecule has 0 fully saturated rings. The first kappa shape index (κ1) is 12.3. The molecule has 1 N–H and O–H groups in total. The molecule has 0 aliphatic rings. The van der Waals surface area contributed by atoms with Crippen LogP contribution in [0, 0.1) is 6.92 Å². The van der Waals surface area contributed by atoms with E-state index in [0.29, 0.717) is 11.6 Å². The van der Waals surface area contributed by atoms with Gasteiger partial charge >= 0.3 is 0 Å². The molecule has 0 heterocycles. The maximum Gasteiger partial charge on any atom is 0.121 e. The van der Waals surface area contributed by atoms with Crippen molar-refractivity contribution in [3.63, 3.8) is 0 Å². The number of ether oxygens (including phenoxy) is 1. The fourth-order valence-corrected chi connectivity index (χ4v) is 1.68. The van der Waals surface area contributed by atoms with Crippen LogP contribution < -0.4 is 4.74 Å². The minimum Gasteiger partial charge on any atom is -0.494 e. The fraction of sp³-hybridized carbons (Fsp3) is 0.500. The summed E-state index contributed by atoms with van der Waals surface area (Å²) in [5.74, 6) is 0.781. The quantitative estimate of drug-likeness (QED) is 0.784. The number of aryl methyl sites for hydroxylation is 1. The van der Waals surface area contributed by atoms with Crippen LogP contribution in [0.5, 0.6) is 5.75 Å². The predicted octanol–water partition coefficient (Wildman–Crippen LogP) is 3.32. The fourth-order valence-electron chi connectivity index (χ4n) is 1.36. The van der Waals surface area contributed by atoms with Crippen LogP contribution in [-0.4, -0.2) is 11.7 Å². The Bertz CT molecular complexity index is 300. The average molecular weight is 229 g/mol. The van der Waals surface area contributed by atoms with E-state index in [4.69, 9.17) is 21.4 Å². The number of rotatable bonds is 5. The molecule has 0 bridgehead atoms. The highest BCUT2D eigenvalue weighted by molar-refractivity contribution is 6.31. The van der Waals surface area contributed by atoms with Crippen molar-refractivity contribution < 1.29 is 9.84 Å². The van der Waals surface area contributed by atoms with E-state index in [1.807, 2.05) is 13.0 Å². The van der Waals surface area contributed by atoms with Crippen LogP contribution in [0.15, 0.2) is 12.1 Å². The summed E-state index contributed by atoms with van der Waals surface area (Å²) in [5.41, 5.74) is 1.75. The number of aliphatic hydroxyl groups excluding tert-OH is 1. The zero-order chi connectivity index (χ0) is 11.3. The van der Waals surface area contributed by atoms with Crippen LogP contribution in [-0.2, 0) is 6.61 Å². The molecule has 0 saturated heterocycles. The van der Waals surface area contributed by atoms with Gasteiger partial charge in [-0.25, -0.2) is 0 Å². The molecule has 1 rings (SSSR count). The van der Waals surface area contributed by atoms with Crippen molar-refractivity contribution in [2.24, 2.45) is 0 Å². The van der Waals surface area contributed by atoms with Crippen molar-refractivity contribution in [1.82, 2.24) is 0 Å². The molecular formula is C12H17ClO2. The average Bonchev–Trinajstić information content (AvgIpc) is 2.18. The molecule has 0 saturated carbocycles. The topological polar surface area (TPSA) is 29.5 Å². The lowest BCUT2D eigenvalue weighted by Crippen LogP contribution is -1.98. The number of halogens is 1. The summed E-state index contributed by atoms with van der Waals surface area (Å²) in [7, 11) is 0. The van der Waals surface area contributed by atoms with Gasteiger partial charge in [0, 0.05) is 0 Å². The molecule has 0 aromatic heterocycles. The van der Waals surface area contributed by atoms with Crippen LogP contribution in [0.4, 0.5) is 0 Å². The van der Waals surface area contributed by atoms with Gasteiger partial charge in [0.15, 0.2) is 0 Å². The molecular weight excluding hydrogens is 212 g/mol. The van der Waals surface area contributed by atoms with E-state index in [-0.39, 0.29) is 6.61 Å². The third-order valence-electron chi connectivity index (χ3n) is 2.32. The Hall–Kier alpha value is -0.730. The Morgan fingerprint density at radius 2 is 2.13 bits per heavy atom. The first-order chi connectivity index (χ1) is 7.19. The Morgan fingerprint density at radius 1 is 1.40 bits per heavy atom. The summed E-state index contributed by atoms with van der Waals surface area (Å²) in [5, 5.41) is 9.65. The molecule has 84 valence electrons. The van der Waals surface area contributed by atoms with E-state index in [1.165, 1.54) is 0 Å². The number of hydrogen-bond acceptors (Lipinski definition) is 2. The van der Waals surface area contributed by atoms with Crippen molar-refractivity contribution >= 4 is 11.6 Å². The standard InChI is InChI=1S/C12H17ClO2/c1-3-4-5-15-10-6-9(2)11(8-14)12(13)7-10/h6-7,14H,3-5,8H2,1-2H3. The van der Waals surface area contributed by atoms with Crippen LogP contribution >= 0.6 is 11.6 Å². The van der Waals surface area contributed by atoms with Gasteiger partial charge in [-0.05, 0) is 36.6 Å². The van der Waals surface area contributed by atoms with Crippen LogP contribution in [0.1, 0.15) is 30.9 Å². The second-order valence-corrected chi connectivity index (χ2v) is 3.97. The van der Waals surface area contributed by atoms with Crippen molar-refractivity contribution in [3.8, 4) is 5.75 Å². The van der Waals surface area contributed by atoms with Gasteiger partial charge in [0.05, 0.1) is 18.2 Å². The second-order valence-electron chi connectivity index (χ2n) is 3.56. The first-order valence-electron chi connectivity index (χ1n) is 5.21. The third-order valence-corrected chi connectivity index (χ3v) is 2.65. The summed E-state index contributed by atoms with van der Waals surface area (Å²) in [4.78, 5) is 0. The number of benzene rings is 1. The molecule has 0 amide bonds. The molecule has 0 spiro atoms. The van der Waals surface area contributed by atoms with Gasteiger partial charge in [-0.15, -0.1) is 0 Å². The maximum absolute atomic E-state index is 9.08. The van der Waals surface area contributed by atoms with Crippen LogP contribution in [0.3, 0.4) is 0 Å². The molecule has 0 radical (unpaired) electrons. The Balaban J connectivity index is 2.75. The SMILES string of the molecule is CCCCOc1cc(C)c(CO)c(Cl)c1. The highest BCUT2D eigenvalue weighted by Gasteiger charge is 2.06. The van der Waals surface area contributed by atoms with E-state index in [2.05, 4.69) is 6.92 Å². The lowest BCUT2D eigenvalue weighted by Gasteiger charge is -2.10. The monoisotopic (exact) mass is 228 g/mol. The highest BCUT2D eigenvalue weighted by Crippen LogP contribution is 2.26. The molecule has 0 aliphatic carbocycles. The molecule has 1 aromatic carbocycles. The summed E-state index contributed by atoms with van der Waals surface area (Å²) >= 11 is 6.01. The summed E-state index contributed by atoms with van der Waals surface area (Å²) in [6, 6.07) is 3.67. The van der Waals surface area contributed by atoms with Gasteiger partial charge in [-0.2, -0.15) is 0 Å². The molecule has 0 unspecified atom stereocenters. The van der Waals surface area contributed by atoms with Gasteiger partial charge in [0.25, 0.3) is 0 Å². The van der Waals surface area contributed by atoms with Crippen molar-refractivity contribution in [2.75, 3.05) is 6.61 Å². The largest absolute Gasteiger partial charge is 0.494 e. The van der Waals surface area contributed by atoms with Gasteiger partial charge in [-0.3, -0.25) is 0 Å². The van der Waals surface area contributed by atoms with Gasteiger partial charge < -0.3 is 9.84 Å². The Labute approximate surface area is 95.8 Å². The van der Waals surface area contributed by atoms with E-state index in [0.717, 1.165) is 29.7 Å². The molecule has 2 nitrogen and oxygen atoms in total. The summed E-state index contributed by atoms with van der Waals surface area (Å²) < 4.78 is 5.54. The van der Waals surface area contributed by atoms with Crippen molar-refractivity contribution in [2.45, 2.75) is 33.3 Å². The first-order valence-corrected chi connectivity index (χ1v) is 5.59. The number of hydrogen-bond donors (Lipinski definition) is 1. The zero-order valence-corrected chi connectivity index (χ0v) is 9.97. The van der Waals surface area contributed by atoms with E-state index < -0.39 is 0 Å². The van der Waals surface area contributed by atoms with E-state index in [1.54, 1.807) is 6.07 Å². The Kier molecular flexibility index (Phi) is 4.92. The number of aliphatic hydroxyl groups is 1. The second kappa shape index (κ2) is 5.99. The normalized spacial score (nSPS) is 10.4. The molecule has 0 aliphatic heterocycles. The highest BCUT2D eigenvalue weighted by atomic mass is 35.5. The van der Waals surface area contributed by atoms with Crippen molar-refractivity contribution in [3.05, 3.63) is 28.3 Å². The maximum atomic E-state index is 9.08. The van der Waals surface area contributed by atoms with Crippen LogP contribution in [0.25, 0.3) is 0 Å². The summed E-state index contributed by atoms with van der Waals surface area (Å²) in [6.45, 7) is 4.73. The van der Waals surface area contributed by atoms with Gasteiger partial charge in [-0.1, -0.05) is 24.9 Å². The number of unbranched alkanes of at least 4 members (excludes halogenated alkanes) is 1. The molecule has 3 heteroatoms. The lowest BCUT2D eigenvalue weighted by molar-refractivity contribution is 0.280. The Morgan fingerprint density at radius 3 is 2.67 bits per heavy atom. The smallest absolute Gasteiger partial charge is 0.121 e. The van der Waals surface area contributed by atoms with Gasteiger partial charge in [0.1, 0.15) is 5.75 Å². The zero-order valence-electron chi connectivity index (χ0n) is 9.22. The van der Waals surface area contributed by atoms with E-state index >= 15 is 0 Å². The van der Waals surface area contributed by atoms with Gasteiger partial charge in [0.2, 0.25) is 0 Å². The van der Waals surface area contributed by atoms with E-state index in [9.17, 15) is 0 Å². The minimum absolute atomic E-state index is 0.0279. The van der Waals surface area contributed by atoms with Crippen LogP contribution in [0.2, 0.25) is 5.02 Å².